The van der Waals surface area contributed by atoms with E-state index in [0.29, 0.717) is 0 Å². The summed E-state index contributed by atoms with van der Waals surface area (Å²) in [4.78, 5) is 12.4. The van der Waals surface area contributed by atoms with Gasteiger partial charge in [0.25, 0.3) is 0 Å². The molecule has 0 saturated carbocycles. The van der Waals surface area contributed by atoms with Crippen molar-refractivity contribution in [2.45, 2.75) is 32.4 Å². The molecule has 1 saturated heterocycles. The van der Waals surface area contributed by atoms with Gasteiger partial charge in [-0.2, -0.15) is 0 Å². The zero-order valence-electron chi connectivity index (χ0n) is 8.41. The molecule has 0 unspecified atom stereocenters. The third kappa shape index (κ3) is 2.97. The van der Waals surface area contributed by atoms with E-state index in [0.717, 1.165) is 13.1 Å². The Kier molecular flexibility index (Phi) is 2.93. The van der Waals surface area contributed by atoms with Crippen LogP contribution in [0.1, 0.15) is 20.8 Å². The topological polar surface area (TPSA) is 49.8 Å². The number of hydrogen-bond donors (Lipinski definition) is 1. The van der Waals surface area contributed by atoms with Gasteiger partial charge in [0.05, 0.1) is 6.10 Å². The van der Waals surface area contributed by atoms with Crippen molar-refractivity contribution in [2.24, 2.45) is 0 Å². The number of hydrogen-bond acceptors (Lipinski definition) is 3. The van der Waals surface area contributed by atoms with Crippen LogP contribution in [-0.2, 0) is 9.53 Å². The first-order valence-electron chi connectivity index (χ1n) is 4.48. The van der Waals surface area contributed by atoms with E-state index in [-0.39, 0.29) is 18.2 Å². The Labute approximate surface area is 78.5 Å². The molecular weight excluding hydrogens is 170 g/mol. The Bertz CT molecular complexity index is 192. The summed E-state index contributed by atoms with van der Waals surface area (Å²) in [6, 6.07) is 0. The summed E-state index contributed by atoms with van der Waals surface area (Å²) < 4.78 is 5.12. The first-order valence-corrected chi connectivity index (χ1v) is 4.48. The molecule has 13 heavy (non-hydrogen) atoms. The van der Waals surface area contributed by atoms with E-state index in [2.05, 4.69) is 25.7 Å². The van der Waals surface area contributed by atoms with E-state index >= 15 is 0 Å². The minimum absolute atomic E-state index is 0.107. The summed E-state index contributed by atoms with van der Waals surface area (Å²) in [7, 11) is 0. The van der Waals surface area contributed by atoms with Gasteiger partial charge in [0.1, 0.15) is 6.61 Å². The molecule has 1 N–H and O–H groups in total. The van der Waals surface area contributed by atoms with Crippen LogP contribution in [0.3, 0.4) is 0 Å². The maximum atomic E-state index is 10.2. The molecule has 1 rings (SSSR count). The van der Waals surface area contributed by atoms with E-state index in [9.17, 15) is 4.79 Å². The molecule has 0 aliphatic carbocycles. The predicted molar refractivity (Wildman–Crippen MR) is 48.7 cm³/mol. The van der Waals surface area contributed by atoms with Gasteiger partial charge in [0, 0.05) is 18.6 Å². The van der Waals surface area contributed by atoms with Crippen LogP contribution in [-0.4, -0.2) is 47.3 Å². The second-order valence-corrected chi connectivity index (χ2v) is 4.40. The van der Waals surface area contributed by atoms with Crippen LogP contribution in [0.15, 0.2) is 0 Å². The van der Waals surface area contributed by atoms with Crippen molar-refractivity contribution >= 4 is 5.97 Å². The average molecular weight is 187 g/mol. The smallest absolute Gasteiger partial charge is 0.329 e. The normalized spacial score (nSPS) is 19.9. The van der Waals surface area contributed by atoms with Crippen molar-refractivity contribution in [1.82, 2.24) is 4.90 Å². The number of ether oxygens (including phenoxy) is 1. The molecule has 4 heteroatoms. The molecule has 0 spiro atoms. The molecule has 1 heterocycles. The lowest BCUT2D eigenvalue weighted by atomic mass is 9.99. The van der Waals surface area contributed by atoms with Crippen molar-refractivity contribution in [3.63, 3.8) is 0 Å². The maximum Gasteiger partial charge on any atom is 0.329 e. The SMILES string of the molecule is CC(C)(C)N1CC(OCC(=O)O)C1. The third-order valence-corrected chi connectivity index (χ3v) is 2.24. The van der Waals surface area contributed by atoms with Gasteiger partial charge < -0.3 is 9.84 Å². The zero-order valence-corrected chi connectivity index (χ0v) is 8.41. The molecule has 0 radical (unpaired) electrons. The molecule has 1 aliphatic heterocycles. The quantitative estimate of drug-likeness (QED) is 0.701. The Morgan fingerprint density at radius 2 is 2.08 bits per heavy atom. The monoisotopic (exact) mass is 187 g/mol. The molecule has 76 valence electrons. The number of carboxylic acids is 1. The lowest BCUT2D eigenvalue weighted by Crippen LogP contribution is -2.59. The lowest BCUT2D eigenvalue weighted by molar-refractivity contribution is -0.151. The van der Waals surface area contributed by atoms with Crippen molar-refractivity contribution in [2.75, 3.05) is 19.7 Å². The fourth-order valence-corrected chi connectivity index (χ4v) is 1.28. The van der Waals surface area contributed by atoms with E-state index in [1.165, 1.54) is 0 Å². The fourth-order valence-electron chi connectivity index (χ4n) is 1.28. The largest absolute Gasteiger partial charge is 0.480 e. The van der Waals surface area contributed by atoms with Crippen molar-refractivity contribution in [3.05, 3.63) is 0 Å². The molecule has 1 aliphatic rings. The molecular formula is C9H17NO3. The summed E-state index contributed by atoms with van der Waals surface area (Å²) in [6.45, 7) is 7.93. The van der Waals surface area contributed by atoms with Gasteiger partial charge in [0.2, 0.25) is 0 Å². The van der Waals surface area contributed by atoms with E-state index in [1.54, 1.807) is 0 Å². The van der Waals surface area contributed by atoms with E-state index in [4.69, 9.17) is 9.84 Å². The molecule has 0 aromatic heterocycles. The number of carboxylic acid groups (broad SMARTS) is 1. The standard InChI is InChI=1S/C9H17NO3/c1-9(2,3)10-4-7(5-10)13-6-8(11)12/h7H,4-6H2,1-3H3,(H,11,12). The van der Waals surface area contributed by atoms with Crippen molar-refractivity contribution in [1.29, 1.82) is 0 Å². The van der Waals surface area contributed by atoms with Crippen LogP contribution in [0.4, 0.5) is 0 Å². The minimum atomic E-state index is -0.894. The molecule has 0 aromatic carbocycles. The second kappa shape index (κ2) is 3.64. The number of likely N-dealkylation sites (tertiary alicyclic amines) is 1. The summed E-state index contributed by atoms with van der Waals surface area (Å²) in [6.07, 6.45) is 0.107. The van der Waals surface area contributed by atoms with Crippen LogP contribution >= 0.6 is 0 Å². The highest BCUT2D eigenvalue weighted by molar-refractivity contribution is 5.68. The van der Waals surface area contributed by atoms with Crippen molar-refractivity contribution < 1.29 is 14.6 Å². The highest BCUT2D eigenvalue weighted by Gasteiger charge is 2.34. The summed E-state index contributed by atoms with van der Waals surface area (Å²) in [5, 5.41) is 8.37. The number of aliphatic carboxylic acids is 1. The van der Waals surface area contributed by atoms with Gasteiger partial charge in [-0.3, -0.25) is 4.90 Å². The van der Waals surface area contributed by atoms with Crippen molar-refractivity contribution in [3.8, 4) is 0 Å². The molecule has 0 bridgehead atoms. The Morgan fingerprint density at radius 1 is 1.54 bits per heavy atom. The van der Waals surface area contributed by atoms with Gasteiger partial charge in [-0.1, -0.05) is 0 Å². The highest BCUT2D eigenvalue weighted by Crippen LogP contribution is 2.22. The third-order valence-electron chi connectivity index (χ3n) is 2.24. The van der Waals surface area contributed by atoms with Crippen LogP contribution in [0.5, 0.6) is 0 Å². The predicted octanol–water partition coefficient (Wildman–Crippen LogP) is 0.570. The number of rotatable bonds is 3. The van der Waals surface area contributed by atoms with Crippen LogP contribution in [0, 0.1) is 0 Å². The summed E-state index contributed by atoms with van der Waals surface area (Å²) in [5.74, 6) is -0.894. The molecule has 0 amide bonds. The second-order valence-electron chi connectivity index (χ2n) is 4.40. The van der Waals surface area contributed by atoms with Crippen LogP contribution in [0.2, 0.25) is 0 Å². The lowest BCUT2D eigenvalue weighted by Gasteiger charge is -2.47. The Hall–Kier alpha value is -0.610. The highest BCUT2D eigenvalue weighted by atomic mass is 16.5. The average Bonchev–Trinajstić information content (AvgIpc) is 1.79. The Morgan fingerprint density at radius 3 is 2.46 bits per heavy atom. The maximum absolute atomic E-state index is 10.2. The van der Waals surface area contributed by atoms with Gasteiger partial charge >= 0.3 is 5.97 Å². The summed E-state index contributed by atoms with van der Waals surface area (Å²) >= 11 is 0. The van der Waals surface area contributed by atoms with E-state index < -0.39 is 5.97 Å². The summed E-state index contributed by atoms with van der Waals surface area (Å²) in [5.41, 5.74) is 0.170. The number of nitrogens with zero attached hydrogens (tertiary/aromatic N) is 1. The molecule has 0 aromatic rings. The molecule has 4 nitrogen and oxygen atoms in total. The van der Waals surface area contributed by atoms with E-state index in [1.807, 2.05) is 0 Å². The van der Waals surface area contributed by atoms with Gasteiger partial charge in [-0.25, -0.2) is 4.79 Å². The minimum Gasteiger partial charge on any atom is -0.480 e. The van der Waals surface area contributed by atoms with Gasteiger partial charge in [-0.05, 0) is 20.8 Å². The first kappa shape index (κ1) is 10.5. The van der Waals surface area contributed by atoms with Gasteiger partial charge in [-0.15, -0.1) is 0 Å². The molecule has 1 fully saturated rings. The Balaban J connectivity index is 2.15. The van der Waals surface area contributed by atoms with Crippen LogP contribution < -0.4 is 0 Å². The first-order chi connectivity index (χ1) is 5.89. The number of carbonyl (C=O) groups is 1. The van der Waals surface area contributed by atoms with Crippen LogP contribution in [0.25, 0.3) is 0 Å². The fraction of sp³-hybridized carbons (Fsp3) is 0.889. The van der Waals surface area contributed by atoms with Gasteiger partial charge in [0.15, 0.2) is 0 Å². The zero-order chi connectivity index (χ0) is 10.1. The molecule has 0 atom stereocenters.